The molecule has 3 rings (SSSR count). The van der Waals surface area contributed by atoms with Gasteiger partial charge in [0.2, 0.25) is 0 Å². The molecule has 0 bridgehead atoms. The Balaban J connectivity index is 1.96. The number of fused-ring (bicyclic) bond motifs is 1. The first kappa shape index (κ1) is 13.3. The van der Waals surface area contributed by atoms with Gasteiger partial charge >= 0.3 is 0 Å². The van der Waals surface area contributed by atoms with E-state index in [2.05, 4.69) is 9.71 Å². The number of nitrogens with zero attached hydrogens (tertiary/aromatic N) is 1. The minimum absolute atomic E-state index is 0.124. The van der Waals surface area contributed by atoms with E-state index in [1.165, 1.54) is 23.5 Å². The molecule has 1 aromatic carbocycles. The number of nitrogens with two attached hydrogens (primary N) is 1. The fraction of sp³-hybridized carbons (Fsp3) is 0.250. The molecule has 2 aromatic rings. The van der Waals surface area contributed by atoms with Crippen LogP contribution in [0.2, 0.25) is 0 Å². The molecule has 0 atom stereocenters. The normalized spacial score (nSPS) is 14.2. The topological polar surface area (TPSA) is 85.1 Å². The van der Waals surface area contributed by atoms with Gasteiger partial charge in [-0.1, -0.05) is 6.07 Å². The lowest BCUT2D eigenvalue weighted by atomic mass is 10.3. The van der Waals surface area contributed by atoms with Gasteiger partial charge in [-0.25, -0.2) is 17.8 Å². The molecular weight excluding hydrogens is 301 g/mol. The number of aryl methyl sites for hydroxylation is 2. The van der Waals surface area contributed by atoms with Gasteiger partial charge < -0.3 is 5.73 Å². The van der Waals surface area contributed by atoms with Crippen LogP contribution >= 0.6 is 11.3 Å². The Morgan fingerprint density at radius 1 is 1.35 bits per heavy atom. The Hall–Kier alpha value is -1.67. The number of nitrogens with one attached hydrogen (secondary N) is 1. The van der Waals surface area contributed by atoms with E-state index in [1.807, 2.05) is 0 Å². The second-order valence-electron chi connectivity index (χ2n) is 4.51. The molecule has 3 N–H and O–H groups in total. The number of benzene rings is 1. The Labute approximate surface area is 119 Å². The minimum Gasteiger partial charge on any atom is -0.398 e. The number of hydrogen-bond donors (Lipinski definition) is 2. The summed E-state index contributed by atoms with van der Waals surface area (Å²) in [5.41, 5.74) is 6.36. The van der Waals surface area contributed by atoms with E-state index in [9.17, 15) is 12.8 Å². The third-order valence-corrected chi connectivity index (χ3v) is 5.72. The predicted molar refractivity (Wildman–Crippen MR) is 75.8 cm³/mol. The van der Waals surface area contributed by atoms with E-state index in [-0.39, 0.29) is 10.8 Å². The molecule has 8 heteroatoms. The average Bonchev–Trinajstić information content (AvgIpc) is 2.87. The van der Waals surface area contributed by atoms with Crippen LogP contribution in [0.25, 0.3) is 0 Å². The molecule has 0 unspecified atom stereocenters. The smallest absolute Gasteiger partial charge is 0.268 e. The minimum atomic E-state index is -4.06. The highest BCUT2D eigenvalue weighted by Gasteiger charge is 2.25. The van der Waals surface area contributed by atoms with Crippen LogP contribution in [0.4, 0.5) is 15.2 Å². The lowest BCUT2D eigenvalue weighted by Gasteiger charge is -2.08. The fourth-order valence-corrected chi connectivity index (χ4v) is 4.69. The highest BCUT2D eigenvalue weighted by molar-refractivity contribution is 7.93. The monoisotopic (exact) mass is 313 g/mol. The standard InChI is InChI=1S/C12H12FN3O2S2/c13-7-3-1-4-8(14)11(7)20(17,18)16-12-15-9-5-2-6-10(9)19-12/h1,3-4H,2,5-6,14H2,(H,15,16). The quantitative estimate of drug-likeness (QED) is 0.850. The first-order valence-corrected chi connectivity index (χ1v) is 8.33. The Bertz CT molecular complexity index is 729. The molecule has 0 saturated heterocycles. The number of thiazole rings is 1. The molecule has 0 radical (unpaired) electrons. The van der Waals surface area contributed by atoms with Gasteiger partial charge in [0.1, 0.15) is 10.7 Å². The maximum atomic E-state index is 13.7. The second-order valence-corrected chi connectivity index (χ2v) is 7.21. The molecule has 0 saturated carbocycles. The number of nitrogen functional groups attached to an aromatic ring is 1. The van der Waals surface area contributed by atoms with Crippen LogP contribution in [0.1, 0.15) is 17.0 Å². The van der Waals surface area contributed by atoms with Gasteiger partial charge in [-0.2, -0.15) is 0 Å². The Morgan fingerprint density at radius 2 is 2.15 bits per heavy atom. The number of hydrogen-bond acceptors (Lipinski definition) is 5. The zero-order chi connectivity index (χ0) is 14.3. The van der Waals surface area contributed by atoms with Crippen LogP contribution in [-0.2, 0) is 22.9 Å². The average molecular weight is 313 g/mol. The van der Waals surface area contributed by atoms with Crippen molar-refractivity contribution in [3.05, 3.63) is 34.6 Å². The van der Waals surface area contributed by atoms with Crippen molar-refractivity contribution >= 4 is 32.2 Å². The molecule has 1 heterocycles. The van der Waals surface area contributed by atoms with E-state index >= 15 is 0 Å². The van der Waals surface area contributed by atoms with Crippen LogP contribution < -0.4 is 10.5 Å². The number of rotatable bonds is 3. The predicted octanol–water partition coefficient (Wildman–Crippen LogP) is 2.15. The molecule has 1 aliphatic rings. The van der Waals surface area contributed by atoms with Gasteiger partial charge in [-0.05, 0) is 31.4 Å². The van der Waals surface area contributed by atoms with E-state index in [1.54, 1.807) is 0 Å². The van der Waals surface area contributed by atoms with Crippen molar-refractivity contribution in [3.8, 4) is 0 Å². The summed E-state index contributed by atoms with van der Waals surface area (Å²) in [6, 6.07) is 3.77. The summed E-state index contributed by atoms with van der Waals surface area (Å²) in [5.74, 6) is -0.874. The molecule has 1 aliphatic carbocycles. The SMILES string of the molecule is Nc1cccc(F)c1S(=O)(=O)Nc1nc2c(s1)CCC2. The molecule has 0 amide bonds. The summed E-state index contributed by atoms with van der Waals surface area (Å²) in [4.78, 5) is 4.78. The molecule has 106 valence electrons. The lowest BCUT2D eigenvalue weighted by molar-refractivity contribution is 0.572. The summed E-state index contributed by atoms with van der Waals surface area (Å²) in [6.07, 6.45) is 2.81. The maximum absolute atomic E-state index is 13.7. The van der Waals surface area contributed by atoms with Gasteiger partial charge in [-0.15, -0.1) is 11.3 Å². The molecule has 20 heavy (non-hydrogen) atoms. The van der Waals surface area contributed by atoms with Crippen LogP contribution in [0, 0.1) is 5.82 Å². The number of sulfonamides is 1. The number of halogens is 1. The summed E-state index contributed by atoms with van der Waals surface area (Å²) < 4.78 is 40.4. The van der Waals surface area contributed by atoms with Crippen molar-refractivity contribution in [3.63, 3.8) is 0 Å². The zero-order valence-electron chi connectivity index (χ0n) is 10.4. The van der Waals surface area contributed by atoms with Crippen molar-refractivity contribution in [2.24, 2.45) is 0 Å². The first-order valence-electron chi connectivity index (χ1n) is 6.03. The van der Waals surface area contributed by atoms with Crippen molar-refractivity contribution < 1.29 is 12.8 Å². The number of aromatic nitrogens is 1. The molecule has 1 aromatic heterocycles. The highest BCUT2D eigenvalue weighted by atomic mass is 32.2. The summed E-state index contributed by atoms with van der Waals surface area (Å²) in [7, 11) is -4.06. The summed E-state index contributed by atoms with van der Waals surface area (Å²) in [5, 5.41) is 0.261. The van der Waals surface area contributed by atoms with Gasteiger partial charge in [0.05, 0.1) is 11.4 Å². The zero-order valence-corrected chi connectivity index (χ0v) is 12.0. The van der Waals surface area contributed by atoms with Crippen LogP contribution in [0.15, 0.2) is 23.1 Å². The van der Waals surface area contributed by atoms with Crippen LogP contribution in [-0.4, -0.2) is 13.4 Å². The second kappa shape index (κ2) is 4.71. The molecule has 5 nitrogen and oxygen atoms in total. The van der Waals surface area contributed by atoms with Crippen molar-refractivity contribution in [2.45, 2.75) is 24.2 Å². The van der Waals surface area contributed by atoms with E-state index < -0.39 is 20.7 Å². The van der Waals surface area contributed by atoms with Crippen LogP contribution in [0.3, 0.4) is 0 Å². The first-order chi connectivity index (χ1) is 9.47. The lowest BCUT2D eigenvalue weighted by Crippen LogP contribution is -2.16. The van der Waals surface area contributed by atoms with Gasteiger partial charge in [0.25, 0.3) is 10.0 Å². The van der Waals surface area contributed by atoms with E-state index in [0.29, 0.717) is 0 Å². The third-order valence-electron chi connectivity index (χ3n) is 3.08. The molecule has 0 fully saturated rings. The Morgan fingerprint density at radius 3 is 2.85 bits per heavy atom. The number of anilines is 2. The molecule has 0 spiro atoms. The molecule has 0 aliphatic heterocycles. The highest BCUT2D eigenvalue weighted by Crippen LogP contribution is 2.32. The van der Waals surface area contributed by atoms with E-state index in [4.69, 9.17) is 5.73 Å². The summed E-state index contributed by atoms with van der Waals surface area (Å²) in [6.45, 7) is 0. The summed E-state index contributed by atoms with van der Waals surface area (Å²) >= 11 is 1.29. The van der Waals surface area contributed by atoms with Crippen molar-refractivity contribution in [1.29, 1.82) is 0 Å². The molecular formula is C12H12FN3O2S2. The van der Waals surface area contributed by atoms with Gasteiger partial charge in [-0.3, -0.25) is 4.72 Å². The maximum Gasteiger partial charge on any atom is 0.268 e. The Kier molecular flexibility index (Phi) is 3.14. The van der Waals surface area contributed by atoms with Gasteiger partial charge in [0.15, 0.2) is 5.13 Å². The fourth-order valence-electron chi connectivity index (χ4n) is 2.21. The van der Waals surface area contributed by atoms with E-state index in [0.717, 1.165) is 35.9 Å². The van der Waals surface area contributed by atoms with Crippen molar-refractivity contribution in [2.75, 3.05) is 10.5 Å². The third kappa shape index (κ3) is 2.25. The van der Waals surface area contributed by atoms with Crippen molar-refractivity contribution in [1.82, 2.24) is 4.98 Å². The van der Waals surface area contributed by atoms with Crippen LogP contribution in [0.5, 0.6) is 0 Å². The van der Waals surface area contributed by atoms with Gasteiger partial charge in [0, 0.05) is 4.88 Å². The largest absolute Gasteiger partial charge is 0.398 e.